The molecule has 4 heteroatoms. The summed E-state index contributed by atoms with van der Waals surface area (Å²) in [6.45, 7) is 0.555. The molecule has 0 aromatic carbocycles. The third-order valence-corrected chi connectivity index (χ3v) is 3.75. The Morgan fingerprint density at radius 2 is 1.67 bits per heavy atom. The molecule has 0 unspecified atom stereocenters. The van der Waals surface area contributed by atoms with Gasteiger partial charge in [0.15, 0.2) is 0 Å². The number of nitrogens with one attached hydrogen (secondary N) is 1. The Hall–Kier alpha value is -0.250. The molecule has 0 radical (unpaired) electrons. The lowest BCUT2D eigenvalue weighted by atomic mass is 9.89. The van der Waals surface area contributed by atoms with Crippen LogP contribution in [-0.4, -0.2) is 18.3 Å². The quantitative estimate of drug-likeness (QED) is 0.771. The van der Waals surface area contributed by atoms with E-state index >= 15 is 0 Å². The zero-order valence-electron chi connectivity index (χ0n) is 8.87. The van der Waals surface area contributed by atoms with Crippen LogP contribution < -0.4 is 5.32 Å². The predicted molar refractivity (Wildman–Crippen MR) is 52.6 cm³/mol. The molecular weight excluding hydrogens is 203 g/mol. The molecule has 2 saturated carbocycles. The fourth-order valence-corrected chi connectivity index (χ4v) is 2.42. The molecule has 0 aromatic heterocycles. The van der Waals surface area contributed by atoms with Crippen molar-refractivity contribution in [3.05, 3.63) is 0 Å². The first-order valence-corrected chi connectivity index (χ1v) is 5.85. The molecule has 1 nitrogen and oxygen atoms in total. The van der Waals surface area contributed by atoms with Crippen molar-refractivity contribution in [2.45, 2.75) is 56.7 Å². The van der Waals surface area contributed by atoms with E-state index in [4.69, 9.17) is 0 Å². The van der Waals surface area contributed by atoms with Gasteiger partial charge >= 0.3 is 6.18 Å². The predicted octanol–water partition coefficient (Wildman–Crippen LogP) is 3.25. The molecule has 2 aliphatic carbocycles. The Labute approximate surface area is 88.4 Å². The minimum Gasteiger partial charge on any atom is -0.303 e. The maximum absolute atomic E-state index is 12.6. The number of halogens is 3. The highest BCUT2D eigenvalue weighted by Gasteiger charge is 2.63. The van der Waals surface area contributed by atoms with Gasteiger partial charge in [0.1, 0.15) is 5.54 Å². The van der Waals surface area contributed by atoms with E-state index in [1.807, 2.05) is 0 Å². The van der Waals surface area contributed by atoms with Crippen LogP contribution in [0.5, 0.6) is 0 Å². The molecule has 15 heavy (non-hydrogen) atoms. The minimum absolute atomic E-state index is 0.267. The van der Waals surface area contributed by atoms with E-state index in [-0.39, 0.29) is 12.8 Å². The summed E-state index contributed by atoms with van der Waals surface area (Å²) < 4.78 is 37.8. The zero-order valence-corrected chi connectivity index (χ0v) is 8.87. The summed E-state index contributed by atoms with van der Waals surface area (Å²) in [5.74, 6) is 0.471. The average molecular weight is 221 g/mol. The molecule has 88 valence electrons. The highest BCUT2D eigenvalue weighted by Crippen LogP contribution is 2.49. The minimum atomic E-state index is -4.05. The van der Waals surface area contributed by atoms with Gasteiger partial charge in [0.05, 0.1) is 0 Å². The molecule has 0 amide bonds. The Bertz CT molecular complexity index is 214. The van der Waals surface area contributed by atoms with E-state index < -0.39 is 11.7 Å². The van der Waals surface area contributed by atoms with Crippen LogP contribution in [-0.2, 0) is 0 Å². The molecule has 2 rings (SSSR count). The van der Waals surface area contributed by atoms with Crippen LogP contribution in [0, 0.1) is 5.92 Å². The van der Waals surface area contributed by atoms with E-state index in [2.05, 4.69) is 5.32 Å². The molecule has 2 fully saturated rings. The molecule has 0 heterocycles. The summed E-state index contributed by atoms with van der Waals surface area (Å²) in [4.78, 5) is 0. The van der Waals surface area contributed by atoms with Crippen molar-refractivity contribution in [1.82, 2.24) is 5.32 Å². The maximum atomic E-state index is 12.6. The topological polar surface area (TPSA) is 12.0 Å². The molecule has 0 atom stereocenters. The van der Waals surface area contributed by atoms with Gasteiger partial charge in [0.25, 0.3) is 0 Å². The van der Waals surface area contributed by atoms with Crippen LogP contribution in [0.15, 0.2) is 0 Å². The molecule has 0 aromatic rings. The zero-order chi connectivity index (χ0) is 10.9. The first-order valence-electron chi connectivity index (χ1n) is 5.85. The molecule has 0 aliphatic heterocycles. The van der Waals surface area contributed by atoms with Crippen LogP contribution in [0.4, 0.5) is 13.2 Å². The maximum Gasteiger partial charge on any atom is 0.406 e. The Morgan fingerprint density at radius 1 is 1.07 bits per heavy atom. The fourth-order valence-electron chi connectivity index (χ4n) is 2.42. The highest BCUT2D eigenvalue weighted by atomic mass is 19.4. The molecular formula is C11H18F3N. The Kier molecular flexibility index (Phi) is 2.97. The van der Waals surface area contributed by atoms with E-state index in [0.717, 1.165) is 12.8 Å². The van der Waals surface area contributed by atoms with E-state index in [1.54, 1.807) is 0 Å². The van der Waals surface area contributed by atoms with Gasteiger partial charge in [0.2, 0.25) is 0 Å². The van der Waals surface area contributed by atoms with Crippen molar-refractivity contribution in [3.8, 4) is 0 Å². The summed E-state index contributed by atoms with van der Waals surface area (Å²) in [5.41, 5.74) is -1.51. The number of hydrogen-bond acceptors (Lipinski definition) is 1. The van der Waals surface area contributed by atoms with Gasteiger partial charge in [-0.2, -0.15) is 13.2 Å². The first-order chi connectivity index (χ1) is 7.04. The second kappa shape index (κ2) is 3.96. The van der Waals surface area contributed by atoms with Gasteiger partial charge in [-0.3, -0.25) is 0 Å². The average Bonchev–Trinajstić information content (AvgIpc) is 2.96. The van der Waals surface area contributed by atoms with Gasteiger partial charge in [-0.05, 0) is 38.1 Å². The summed E-state index contributed by atoms with van der Waals surface area (Å²) in [5, 5.41) is 2.75. The SMILES string of the molecule is FC(F)(F)C1(NCC2CCCCC2)CC1. The third kappa shape index (κ3) is 2.47. The molecule has 0 spiro atoms. The van der Waals surface area contributed by atoms with Crippen molar-refractivity contribution in [2.24, 2.45) is 5.92 Å². The van der Waals surface area contributed by atoms with Crippen molar-refractivity contribution in [2.75, 3.05) is 6.54 Å². The highest BCUT2D eigenvalue weighted by molar-refractivity contribution is 5.08. The Morgan fingerprint density at radius 3 is 2.13 bits per heavy atom. The van der Waals surface area contributed by atoms with Crippen molar-refractivity contribution >= 4 is 0 Å². The molecule has 0 saturated heterocycles. The van der Waals surface area contributed by atoms with E-state index in [1.165, 1.54) is 19.3 Å². The third-order valence-electron chi connectivity index (χ3n) is 3.75. The standard InChI is InChI=1S/C11H18F3N/c12-11(13,14)10(6-7-10)15-8-9-4-2-1-3-5-9/h9,15H,1-8H2. The summed E-state index contributed by atoms with van der Waals surface area (Å²) in [6.07, 6.45) is 2.30. The summed E-state index contributed by atoms with van der Waals surface area (Å²) >= 11 is 0. The van der Waals surface area contributed by atoms with Crippen molar-refractivity contribution in [1.29, 1.82) is 0 Å². The second-order valence-electron chi connectivity index (χ2n) is 4.96. The van der Waals surface area contributed by atoms with Crippen molar-refractivity contribution < 1.29 is 13.2 Å². The normalized spacial score (nSPS) is 26.6. The summed E-state index contributed by atoms with van der Waals surface area (Å²) in [7, 11) is 0. The second-order valence-corrected chi connectivity index (χ2v) is 4.96. The largest absolute Gasteiger partial charge is 0.406 e. The van der Waals surface area contributed by atoms with Crippen LogP contribution in [0.1, 0.15) is 44.9 Å². The van der Waals surface area contributed by atoms with Crippen LogP contribution >= 0.6 is 0 Å². The van der Waals surface area contributed by atoms with Crippen molar-refractivity contribution in [3.63, 3.8) is 0 Å². The molecule has 1 N–H and O–H groups in total. The number of rotatable bonds is 3. The van der Waals surface area contributed by atoms with Crippen LogP contribution in [0.3, 0.4) is 0 Å². The van der Waals surface area contributed by atoms with Crippen LogP contribution in [0.2, 0.25) is 0 Å². The molecule has 0 bridgehead atoms. The van der Waals surface area contributed by atoms with E-state index in [0.29, 0.717) is 12.5 Å². The number of alkyl halides is 3. The monoisotopic (exact) mass is 221 g/mol. The first kappa shape index (κ1) is 11.2. The number of hydrogen-bond donors (Lipinski definition) is 1. The van der Waals surface area contributed by atoms with Gasteiger partial charge < -0.3 is 5.32 Å². The fraction of sp³-hybridized carbons (Fsp3) is 1.00. The lowest BCUT2D eigenvalue weighted by Gasteiger charge is -2.26. The lowest BCUT2D eigenvalue weighted by Crippen LogP contribution is -2.46. The van der Waals surface area contributed by atoms with Gasteiger partial charge in [0, 0.05) is 0 Å². The Balaban J connectivity index is 1.77. The van der Waals surface area contributed by atoms with Gasteiger partial charge in [-0.15, -0.1) is 0 Å². The van der Waals surface area contributed by atoms with E-state index in [9.17, 15) is 13.2 Å². The summed E-state index contributed by atoms with van der Waals surface area (Å²) in [6, 6.07) is 0. The van der Waals surface area contributed by atoms with Crippen LogP contribution in [0.25, 0.3) is 0 Å². The van der Waals surface area contributed by atoms with Gasteiger partial charge in [-0.25, -0.2) is 0 Å². The van der Waals surface area contributed by atoms with Gasteiger partial charge in [-0.1, -0.05) is 19.3 Å². The lowest BCUT2D eigenvalue weighted by molar-refractivity contribution is -0.166. The molecule has 2 aliphatic rings. The smallest absolute Gasteiger partial charge is 0.303 e.